The molecule has 17 heavy (non-hydrogen) atoms. The molecule has 0 spiro atoms. The van der Waals surface area contributed by atoms with E-state index in [1.807, 2.05) is 11.8 Å². The highest BCUT2D eigenvalue weighted by atomic mass is 32.2. The van der Waals surface area contributed by atoms with Gasteiger partial charge in [0.15, 0.2) is 11.6 Å². The van der Waals surface area contributed by atoms with Gasteiger partial charge in [-0.15, -0.1) is 11.8 Å². The minimum Gasteiger partial charge on any atom is -0.289 e. The molecule has 2 aliphatic rings. The van der Waals surface area contributed by atoms with Gasteiger partial charge in [0.1, 0.15) is 0 Å². The molecule has 0 radical (unpaired) electrons. The Morgan fingerprint density at radius 1 is 0.941 bits per heavy atom. The van der Waals surface area contributed by atoms with E-state index in [0.29, 0.717) is 11.1 Å². The third-order valence-electron chi connectivity index (χ3n) is 2.44. The fraction of sp³-hybridized carbons (Fsp3) is 0.143. The molecule has 1 aromatic rings. The maximum absolute atomic E-state index is 11.2. The molecule has 1 heterocycles. The molecule has 3 rings (SSSR count). The highest BCUT2D eigenvalue weighted by Crippen LogP contribution is 2.15. The van der Waals surface area contributed by atoms with Crippen molar-refractivity contribution >= 4 is 23.3 Å². The summed E-state index contributed by atoms with van der Waals surface area (Å²) in [4.78, 5) is 22.4. The summed E-state index contributed by atoms with van der Waals surface area (Å²) >= 11 is 1.89. The van der Waals surface area contributed by atoms with E-state index >= 15 is 0 Å². The van der Waals surface area contributed by atoms with E-state index in [1.54, 1.807) is 24.3 Å². The number of hydrogen-bond donors (Lipinski definition) is 0. The monoisotopic (exact) mass is 244 g/mol. The third-order valence-corrected chi connectivity index (χ3v) is 3.30. The number of allylic oxidation sites excluding steroid dienone is 3. The third kappa shape index (κ3) is 2.94. The van der Waals surface area contributed by atoms with Gasteiger partial charge >= 0.3 is 0 Å². The molecule has 0 atom stereocenters. The largest absolute Gasteiger partial charge is 0.289 e. The van der Waals surface area contributed by atoms with Crippen molar-refractivity contribution in [3.05, 3.63) is 59.0 Å². The maximum Gasteiger partial charge on any atom is 0.186 e. The number of carbonyl (C=O) groups excluding carboxylic acids is 2. The molecule has 1 aliphatic heterocycles. The van der Waals surface area contributed by atoms with Crippen LogP contribution in [0.4, 0.5) is 0 Å². The molecule has 0 N–H and O–H groups in total. The Morgan fingerprint density at radius 3 is 1.88 bits per heavy atom. The Bertz CT molecular complexity index is 458. The first-order valence-corrected chi connectivity index (χ1v) is 6.46. The summed E-state index contributed by atoms with van der Waals surface area (Å²) in [5.74, 6) is 1.12. The van der Waals surface area contributed by atoms with Crippen molar-refractivity contribution in [3.8, 4) is 0 Å². The van der Waals surface area contributed by atoms with Crippen LogP contribution in [0.5, 0.6) is 0 Å². The van der Waals surface area contributed by atoms with Crippen molar-refractivity contribution in [2.45, 2.75) is 6.42 Å². The topological polar surface area (TPSA) is 34.1 Å². The molecule has 0 bridgehead atoms. The van der Waals surface area contributed by atoms with Gasteiger partial charge in [-0.25, -0.2) is 0 Å². The fourth-order valence-electron chi connectivity index (χ4n) is 1.58. The molecule has 86 valence electrons. The van der Waals surface area contributed by atoms with Gasteiger partial charge in [-0.1, -0.05) is 30.3 Å². The number of rotatable bonds is 0. The minimum atomic E-state index is -0.0924. The second kappa shape index (κ2) is 5.64. The van der Waals surface area contributed by atoms with Crippen LogP contribution in [-0.4, -0.2) is 17.3 Å². The molecule has 0 saturated carbocycles. The van der Waals surface area contributed by atoms with Gasteiger partial charge in [-0.05, 0) is 24.0 Å². The summed E-state index contributed by atoms with van der Waals surface area (Å²) in [5, 5.41) is 2.15. The van der Waals surface area contributed by atoms with Crippen LogP contribution in [0.3, 0.4) is 0 Å². The molecule has 0 aromatic heterocycles. The average Bonchev–Trinajstić information content (AvgIpc) is 2.93. The fourth-order valence-corrected chi connectivity index (χ4v) is 2.26. The van der Waals surface area contributed by atoms with Gasteiger partial charge in [0, 0.05) is 16.9 Å². The quantitative estimate of drug-likeness (QED) is 0.702. The molecule has 0 amide bonds. The van der Waals surface area contributed by atoms with E-state index in [2.05, 4.69) is 11.5 Å². The smallest absolute Gasteiger partial charge is 0.186 e. The molecule has 1 aliphatic carbocycles. The lowest BCUT2D eigenvalue weighted by atomic mass is 9.95. The predicted octanol–water partition coefficient (Wildman–Crippen LogP) is 3.26. The molecule has 0 fully saturated rings. The molecule has 0 saturated heterocycles. The van der Waals surface area contributed by atoms with Crippen LogP contribution in [0, 0.1) is 0 Å². The highest BCUT2D eigenvalue weighted by Gasteiger charge is 2.16. The van der Waals surface area contributed by atoms with Gasteiger partial charge in [-0.2, -0.15) is 0 Å². The zero-order valence-electron chi connectivity index (χ0n) is 9.26. The molecule has 2 nitrogen and oxygen atoms in total. The lowest BCUT2D eigenvalue weighted by Gasteiger charge is -2.06. The van der Waals surface area contributed by atoms with Crippen molar-refractivity contribution in [1.82, 2.24) is 0 Å². The normalized spacial score (nSPS) is 16.5. The first-order valence-electron chi connectivity index (χ1n) is 5.41. The summed E-state index contributed by atoms with van der Waals surface area (Å²) in [5.41, 5.74) is 1.01. The van der Waals surface area contributed by atoms with Crippen molar-refractivity contribution in [1.29, 1.82) is 0 Å². The number of thioether (sulfide) groups is 1. The summed E-state index contributed by atoms with van der Waals surface area (Å²) in [7, 11) is 0. The van der Waals surface area contributed by atoms with Crippen LogP contribution in [-0.2, 0) is 0 Å². The van der Waals surface area contributed by atoms with E-state index < -0.39 is 0 Å². The van der Waals surface area contributed by atoms with Crippen LogP contribution in [0.25, 0.3) is 0 Å². The Morgan fingerprint density at radius 2 is 1.53 bits per heavy atom. The number of hydrogen-bond acceptors (Lipinski definition) is 3. The number of benzene rings is 1. The summed E-state index contributed by atoms with van der Waals surface area (Å²) in [6.45, 7) is 0. The van der Waals surface area contributed by atoms with Crippen molar-refractivity contribution < 1.29 is 9.59 Å². The van der Waals surface area contributed by atoms with Crippen LogP contribution in [0.15, 0.2) is 47.9 Å². The molecule has 1 aromatic carbocycles. The van der Waals surface area contributed by atoms with Gasteiger partial charge in [-0.3, -0.25) is 9.59 Å². The van der Waals surface area contributed by atoms with E-state index in [0.717, 1.165) is 0 Å². The van der Waals surface area contributed by atoms with Gasteiger partial charge in [0.05, 0.1) is 0 Å². The number of fused-ring (bicyclic) bond motifs is 1. The highest BCUT2D eigenvalue weighted by molar-refractivity contribution is 8.02. The van der Waals surface area contributed by atoms with Crippen LogP contribution < -0.4 is 0 Å². The lowest BCUT2D eigenvalue weighted by Crippen LogP contribution is -2.10. The van der Waals surface area contributed by atoms with Gasteiger partial charge < -0.3 is 0 Å². The maximum atomic E-state index is 11.2. The summed E-state index contributed by atoms with van der Waals surface area (Å²) < 4.78 is 0. The zero-order valence-corrected chi connectivity index (χ0v) is 10.1. The Hall–Kier alpha value is -1.61. The first-order chi connectivity index (χ1) is 8.29. The molecule has 0 unspecified atom stereocenters. The minimum absolute atomic E-state index is 0.0924. The standard InChI is InChI=1S/C10H6O2.C4H6S/c11-9-5-6-10(12)8-4-2-1-3-7(8)9;1-2-4-5-3-1/h1-6H;1,3H,2,4H2. The second-order valence-corrected chi connectivity index (χ2v) is 4.65. The lowest BCUT2D eigenvalue weighted by molar-refractivity contribution is 0.0994. The summed E-state index contributed by atoms with van der Waals surface area (Å²) in [6, 6.07) is 6.84. The van der Waals surface area contributed by atoms with E-state index in [1.165, 1.54) is 24.3 Å². The molecular weight excluding hydrogens is 232 g/mol. The summed E-state index contributed by atoms with van der Waals surface area (Å²) in [6.07, 6.45) is 6.10. The van der Waals surface area contributed by atoms with Crippen LogP contribution >= 0.6 is 11.8 Å². The van der Waals surface area contributed by atoms with Gasteiger partial charge in [0.25, 0.3) is 0 Å². The van der Waals surface area contributed by atoms with E-state index in [-0.39, 0.29) is 11.6 Å². The van der Waals surface area contributed by atoms with E-state index in [9.17, 15) is 9.59 Å². The Balaban J connectivity index is 0.000000181. The zero-order chi connectivity index (χ0) is 12.1. The molecule has 3 heteroatoms. The van der Waals surface area contributed by atoms with Crippen molar-refractivity contribution in [3.63, 3.8) is 0 Å². The first kappa shape index (κ1) is 11.9. The van der Waals surface area contributed by atoms with Crippen LogP contribution in [0.2, 0.25) is 0 Å². The number of ketones is 2. The number of carbonyl (C=O) groups is 2. The van der Waals surface area contributed by atoms with Crippen molar-refractivity contribution in [2.75, 3.05) is 5.75 Å². The second-order valence-electron chi connectivity index (χ2n) is 3.64. The predicted molar refractivity (Wildman–Crippen MR) is 70.5 cm³/mol. The van der Waals surface area contributed by atoms with Crippen molar-refractivity contribution in [2.24, 2.45) is 0 Å². The van der Waals surface area contributed by atoms with Gasteiger partial charge in [0.2, 0.25) is 0 Å². The Labute approximate surface area is 104 Å². The van der Waals surface area contributed by atoms with Crippen LogP contribution in [0.1, 0.15) is 27.1 Å². The molecular formula is C14H12O2S. The van der Waals surface area contributed by atoms with E-state index in [4.69, 9.17) is 0 Å². The Kier molecular flexibility index (Phi) is 3.94. The SMILES string of the molecule is C1=CSCC1.O=C1C=CC(=O)c2ccccc21. The average molecular weight is 244 g/mol.